The lowest BCUT2D eigenvalue weighted by Crippen LogP contribution is -2.28. The summed E-state index contributed by atoms with van der Waals surface area (Å²) < 4.78 is 13.0. The molecule has 0 spiro atoms. The summed E-state index contributed by atoms with van der Waals surface area (Å²) in [6, 6.07) is 15.0. The maximum atomic E-state index is 13.1. The topological polar surface area (TPSA) is 76.8 Å². The lowest BCUT2D eigenvalue weighted by atomic mass is 10.1. The van der Waals surface area contributed by atoms with Gasteiger partial charge in [-0.05, 0) is 36.4 Å². The van der Waals surface area contributed by atoms with E-state index in [0.717, 1.165) is 21.9 Å². The molecule has 1 amide bonds. The first-order chi connectivity index (χ1) is 14.2. The molecule has 0 saturated carbocycles. The third-order valence-electron chi connectivity index (χ3n) is 4.91. The van der Waals surface area contributed by atoms with Gasteiger partial charge >= 0.3 is 0 Å². The summed E-state index contributed by atoms with van der Waals surface area (Å²) in [5.74, 6) is 1.49. The van der Waals surface area contributed by atoms with Crippen molar-refractivity contribution in [1.82, 2.24) is 14.6 Å². The molecule has 5 rings (SSSR count). The van der Waals surface area contributed by atoms with Gasteiger partial charge in [0.05, 0.1) is 29.3 Å². The number of hydrogen-bond donors (Lipinski definition) is 0. The third kappa shape index (κ3) is 3.25. The molecule has 7 nitrogen and oxygen atoms in total. The molecule has 0 N–H and O–H groups in total. The molecule has 29 heavy (non-hydrogen) atoms. The predicted molar refractivity (Wildman–Crippen MR) is 110 cm³/mol. The standard InChI is InChI=1S/C21H18N4O3S/c1-24-16-7-3-2-6-14(16)22-21(24)29-13-20(26)25-17(19-9-5-11-28-19)12-15(23-25)18-8-4-10-27-18/h2-11,17H,12-13H2,1H3. The van der Waals surface area contributed by atoms with E-state index in [9.17, 15) is 4.79 Å². The van der Waals surface area contributed by atoms with Crippen molar-refractivity contribution in [3.63, 3.8) is 0 Å². The number of benzene rings is 1. The number of carbonyl (C=O) groups is 1. The number of aryl methyl sites for hydroxylation is 1. The van der Waals surface area contributed by atoms with Gasteiger partial charge in [0, 0.05) is 13.5 Å². The van der Waals surface area contributed by atoms with Crippen LogP contribution in [0.25, 0.3) is 11.0 Å². The molecule has 4 heterocycles. The normalized spacial score (nSPS) is 16.5. The average molecular weight is 406 g/mol. The molecule has 146 valence electrons. The van der Waals surface area contributed by atoms with Gasteiger partial charge in [0.2, 0.25) is 0 Å². The second kappa shape index (κ2) is 7.29. The number of rotatable bonds is 5. The highest BCUT2D eigenvalue weighted by molar-refractivity contribution is 7.99. The van der Waals surface area contributed by atoms with Crippen LogP contribution in [0.5, 0.6) is 0 Å². The molecule has 0 bridgehead atoms. The van der Waals surface area contributed by atoms with E-state index in [-0.39, 0.29) is 17.7 Å². The maximum Gasteiger partial charge on any atom is 0.253 e. The van der Waals surface area contributed by atoms with Crippen molar-refractivity contribution in [3.8, 4) is 0 Å². The average Bonchev–Trinajstić information content (AvgIpc) is 3.52. The molecule has 1 aromatic carbocycles. The van der Waals surface area contributed by atoms with E-state index in [1.807, 2.05) is 60.1 Å². The Morgan fingerprint density at radius 2 is 1.97 bits per heavy atom. The number of aromatic nitrogens is 2. The van der Waals surface area contributed by atoms with E-state index < -0.39 is 0 Å². The van der Waals surface area contributed by atoms with E-state index in [1.54, 1.807) is 12.5 Å². The minimum absolute atomic E-state index is 0.106. The molecule has 1 aliphatic heterocycles. The van der Waals surface area contributed by atoms with Gasteiger partial charge in [-0.25, -0.2) is 9.99 Å². The van der Waals surface area contributed by atoms with Crippen LogP contribution in [0.1, 0.15) is 24.0 Å². The minimum Gasteiger partial charge on any atom is -0.467 e. The Hall–Kier alpha value is -3.26. The molecule has 0 saturated heterocycles. The van der Waals surface area contributed by atoms with Crippen molar-refractivity contribution in [3.05, 3.63) is 72.6 Å². The number of amides is 1. The molecule has 1 atom stereocenters. The highest BCUT2D eigenvalue weighted by Crippen LogP contribution is 2.34. The number of para-hydroxylation sites is 2. The Morgan fingerprint density at radius 3 is 2.72 bits per heavy atom. The van der Waals surface area contributed by atoms with Crippen molar-refractivity contribution in [1.29, 1.82) is 0 Å². The van der Waals surface area contributed by atoms with E-state index in [0.29, 0.717) is 17.9 Å². The number of fused-ring (bicyclic) bond motifs is 1. The van der Waals surface area contributed by atoms with Crippen LogP contribution < -0.4 is 0 Å². The molecular formula is C21H18N4O3S. The first kappa shape index (κ1) is 17.8. The summed E-state index contributed by atoms with van der Waals surface area (Å²) in [7, 11) is 1.96. The Balaban J connectivity index is 1.38. The van der Waals surface area contributed by atoms with E-state index >= 15 is 0 Å². The Bertz CT molecular complexity index is 1180. The van der Waals surface area contributed by atoms with E-state index in [4.69, 9.17) is 8.83 Å². The van der Waals surface area contributed by atoms with Gasteiger partial charge in [0.15, 0.2) is 5.16 Å². The molecular weight excluding hydrogens is 388 g/mol. The highest BCUT2D eigenvalue weighted by atomic mass is 32.2. The molecule has 0 radical (unpaired) electrons. The molecule has 3 aromatic heterocycles. The van der Waals surface area contributed by atoms with E-state index in [1.165, 1.54) is 16.8 Å². The summed E-state index contributed by atoms with van der Waals surface area (Å²) in [6.07, 6.45) is 3.76. The number of furan rings is 2. The molecule has 1 unspecified atom stereocenters. The Morgan fingerprint density at radius 1 is 1.14 bits per heavy atom. The lowest BCUT2D eigenvalue weighted by molar-refractivity contribution is -0.130. The van der Waals surface area contributed by atoms with Gasteiger partial charge < -0.3 is 13.4 Å². The van der Waals surface area contributed by atoms with E-state index in [2.05, 4.69) is 10.1 Å². The van der Waals surface area contributed by atoms with Crippen LogP contribution in [-0.2, 0) is 11.8 Å². The van der Waals surface area contributed by atoms with Gasteiger partial charge in [-0.1, -0.05) is 23.9 Å². The molecule has 1 aliphatic rings. The first-order valence-corrected chi connectivity index (χ1v) is 10.2. The van der Waals surface area contributed by atoms with Crippen LogP contribution in [0.4, 0.5) is 0 Å². The van der Waals surface area contributed by atoms with Gasteiger partial charge in [0.25, 0.3) is 5.91 Å². The molecule has 0 fully saturated rings. The SMILES string of the molecule is Cn1c(SCC(=O)N2N=C(c3ccco3)CC2c2ccco2)nc2ccccc21. The van der Waals surface area contributed by atoms with Crippen molar-refractivity contribution < 1.29 is 13.6 Å². The number of imidazole rings is 1. The fourth-order valence-corrected chi connectivity index (χ4v) is 4.32. The zero-order valence-corrected chi connectivity index (χ0v) is 16.5. The third-order valence-corrected chi connectivity index (χ3v) is 5.93. The molecule has 0 aliphatic carbocycles. The molecule has 4 aromatic rings. The monoisotopic (exact) mass is 406 g/mol. The Kier molecular flexibility index (Phi) is 4.48. The van der Waals surface area contributed by atoms with Gasteiger partial charge in [-0.3, -0.25) is 4.79 Å². The largest absolute Gasteiger partial charge is 0.467 e. The summed E-state index contributed by atoms with van der Waals surface area (Å²) in [4.78, 5) is 17.7. The number of hydrazone groups is 1. The fraction of sp³-hybridized carbons (Fsp3) is 0.190. The number of thioether (sulfide) groups is 1. The van der Waals surface area contributed by atoms with Crippen molar-refractivity contribution in [2.45, 2.75) is 17.6 Å². The number of carbonyl (C=O) groups excluding carboxylic acids is 1. The van der Waals surface area contributed by atoms with Crippen LogP contribution >= 0.6 is 11.8 Å². The first-order valence-electron chi connectivity index (χ1n) is 9.22. The minimum atomic E-state index is -0.279. The smallest absolute Gasteiger partial charge is 0.253 e. The predicted octanol–water partition coefficient (Wildman–Crippen LogP) is 4.23. The number of hydrogen-bond acceptors (Lipinski definition) is 6. The van der Waals surface area contributed by atoms with Crippen molar-refractivity contribution in [2.24, 2.45) is 12.1 Å². The quantitative estimate of drug-likeness (QED) is 0.464. The maximum absolute atomic E-state index is 13.1. The van der Waals surface area contributed by atoms with Crippen LogP contribution in [0.2, 0.25) is 0 Å². The lowest BCUT2D eigenvalue weighted by Gasteiger charge is -2.19. The number of nitrogens with zero attached hydrogens (tertiary/aromatic N) is 4. The van der Waals surface area contributed by atoms with Gasteiger partial charge in [-0.2, -0.15) is 5.10 Å². The highest BCUT2D eigenvalue weighted by Gasteiger charge is 2.35. The summed E-state index contributed by atoms with van der Waals surface area (Å²) in [6.45, 7) is 0. The van der Waals surface area contributed by atoms with Crippen molar-refractivity contribution >= 4 is 34.4 Å². The van der Waals surface area contributed by atoms with Crippen LogP contribution in [-0.4, -0.2) is 31.9 Å². The van der Waals surface area contributed by atoms with Gasteiger partial charge in [-0.15, -0.1) is 0 Å². The second-order valence-corrected chi connectivity index (χ2v) is 7.67. The summed E-state index contributed by atoms with van der Waals surface area (Å²) in [5, 5.41) is 6.85. The zero-order chi connectivity index (χ0) is 19.8. The summed E-state index contributed by atoms with van der Waals surface area (Å²) >= 11 is 1.40. The fourth-order valence-electron chi connectivity index (χ4n) is 3.48. The van der Waals surface area contributed by atoms with Crippen LogP contribution in [0.3, 0.4) is 0 Å². The van der Waals surface area contributed by atoms with Crippen molar-refractivity contribution in [2.75, 3.05) is 5.75 Å². The Labute approximate surface area is 171 Å². The molecule has 8 heteroatoms. The van der Waals surface area contributed by atoms with Crippen LogP contribution in [0.15, 0.2) is 80.1 Å². The summed E-state index contributed by atoms with van der Waals surface area (Å²) in [5.41, 5.74) is 2.69. The van der Waals surface area contributed by atoms with Crippen LogP contribution in [0, 0.1) is 0 Å². The van der Waals surface area contributed by atoms with Gasteiger partial charge in [0.1, 0.15) is 23.3 Å². The second-order valence-electron chi connectivity index (χ2n) is 6.73. The zero-order valence-electron chi connectivity index (χ0n) is 15.7.